The number of nitrogens with zero attached hydrogens (tertiary/aromatic N) is 3. The van der Waals surface area contributed by atoms with Gasteiger partial charge in [0, 0.05) is 25.7 Å². The number of para-hydroxylation sites is 1. The average Bonchev–Trinajstić information content (AvgIpc) is 2.62. The average molecular weight is 259 g/mol. The van der Waals surface area contributed by atoms with Gasteiger partial charge in [-0.2, -0.15) is 5.26 Å². The number of nitriles is 1. The summed E-state index contributed by atoms with van der Waals surface area (Å²) in [6, 6.07) is 10.4. The van der Waals surface area contributed by atoms with E-state index >= 15 is 0 Å². The summed E-state index contributed by atoms with van der Waals surface area (Å²) in [7, 11) is 2.11. The minimum absolute atomic E-state index is 0.211. The maximum atomic E-state index is 9.21. The molecule has 0 bridgehead atoms. The van der Waals surface area contributed by atoms with Crippen molar-refractivity contribution in [2.45, 2.75) is 18.9 Å². The van der Waals surface area contributed by atoms with Crippen molar-refractivity contribution < 1.29 is 5.11 Å². The van der Waals surface area contributed by atoms with Crippen molar-refractivity contribution >= 4 is 5.69 Å². The van der Waals surface area contributed by atoms with Crippen LogP contribution in [0.3, 0.4) is 0 Å². The van der Waals surface area contributed by atoms with Gasteiger partial charge >= 0.3 is 0 Å². The Balaban J connectivity index is 2.21. The molecule has 4 nitrogen and oxygen atoms in total. The molecule has 0 aromatic heterocycles. The molecular formula is C15H21N3O. The lowest BCUT2D eigenvalue weighted by atomic mass is 10.1. The molecule has 1 aromatic rings. The minimum Gasteiger partial charge on any atom is -0.396 e. The van der Waals surface area contributed by atoms with Crippen molar-refractivity contribution in [1.82, 2.24) is 4.90 Å². The van der Waals surface area contributed by atoms with E-state index in [1.54, 1.807) is 0 Å². The first-order chi connectivity index (χ1) is 9.26. The van der Waals surface area contributed by atoms with E-state index in [0.717, 1.165) is 43.7 Å². The Labute approximate surface area is 114 Å². The van der Waals surface area contributed by atoms with Crippen LogP contribution in [0.4, 0.5) is 5.69 Å². The Hall–Kier alpha value is -1.57. The number of hydrogen-bond donors (Lipinski definition) is 1. The second-order valence-corrected chi connectivity index (χ2v) is 5.08. The van der Waals surface area contributed by atoms with Gasteiger partial charge in [-0.15, -0.1) is 0 Å². The molecule has 1 fully saturated rings. The standard InChI is InChI=1S/C15H21N3O/c1-17-8-4-9-18(12-14(17)7-10-19)15-6-3-2-5-13(15)11-16/h2-3,5-6,14,19H,4,7-10,12H2,1H3. The molecule has 1 aliphatic heterocycles. The molecule has 0 spiro atoms. The molecule has 0 radical (unpaired) electrons. The van der Waals surface area contributed by atoms with Crippen LogP contribution in [-0.4, -0.2) is 49.3 Å². The Bertz CT molecular complexity index is 455. The van der Waals surface area contributed by atoms with E-state index in [0.29, 0.717) is 6.04 Å². The van der Waals surface area contributed by atoms with E-state index < -0.39 is 0 Å². The maximum Gasteiger partial charge on any atom is 0.101 e. The molecule has 2 rings (SSSR count). The van der Waals surface area contributed by atoms with Crippen molar-refractivity contribution in [2.75, 3.05) is 38.2 Å². The molecule has 1 N–H and O–H groups in total. The molecule has 1 heterocycles. The second-order valence-electron chi connectivity index (χ2n) is 5.08. The number of rotatable bonds is 3. The SMILES string of the molecule is CN1CCCN(c2ccccc2C#N)CC1CCO. The minimum atomic E-state index is 0.211. The number of hydrogen-bond acceptors (Lipinski definition) is 4. The molecular weight excluding hydrogens is 238 g/mol. The fourth-order valence-electron chi connectivity index (χ4n) is 2.70. The molecule has 0 amide bonds. The van der Waals surface area contributed by atoms with Crippen LogP contribution in [-0.2, 0) is 0 Å². The van der Waals surface area contributed by atoms with Crippen molar-refractivity contribution in [3.05, 3.63) is 29.8 Å². The molecule has 1 atom stereocenters. The quantitative estimate of drug-likeness (QED) is 0.892. The number of benzene rings is 1. The van der Waals surface area contributed by atoms with Gasteiger partial charge in [0.2, 0.25) is 0 Å². The predicted octanol–water partition coefficient (Wildman–Crippen LogP) is 1.45. The lowest BCUT2D eigenvalue weighted by Crippen LogP contribution is -2.39. The third-order valence-corrected chi connectivity index (χ3v) is 3.82. The summed E-state index contributed by atoms with van der Waals surface area (Å²) in [5, 5.41) is 18.4. The van der Waals surface area contributed by atoms with E-state index in [-0.39, 0.29) is 6.61 Å². The van der Waals surface area contributed by atoms with E-state index in [9.17, 15) is 10.4 Å². The summed E-state index contributed by atoms with van der Waals surface area (Å²) in [4.78, 5) is 4.59. The molecule has 4 heteroatoms. The molecule has 1 saturated heterocycles. The molecule has 102 valence electrons. The van der Waals surface area contributed by atoms with Crippen molar-refractivity contribution in [2.24, 2.45) is 0 Å². The highest BCUT2D eigenvalue weighted by molar-refractivity contribution is 5.59. The number of anilines is 1. The van der Waals surface area contributed by atoms with E-state index in [2.05, 4.69) is 22.9 Å². The first-order valence-electron chi connectivity index (χ1n) is 6.81. The smallest absolute Gasteiger partial charge is 0.101 e. The van der Waals surface area contributed by atoms with Crippen LogP contribution < -0.4 is 4.90 Å². The Morgan fingerprint density at radius 2 is 2.16 bits per heavy atom. The Morgan fingerprint density at radius 3 is 2.89 bits per heavy atom. The number of aliphatic hydroxyl groups is 1. The number of aliphatic hydroxyl groups excluding tert-OH is 1. The highest BCUT2D eigenvalue weighted by atomic mass is 16.3. The first-order valence-corrected chi connectivity index (χ1v) is 6.81. The van der Waals surface area contributed by atoms with Crippen molar-refractivity contribution in [3.63, 3.8) is 0 Å². The third kappa shape index (κ3) is 3.25. The van der Waals surface area contributed by atoms with Crippen molar-refractivity contribution in [3.8, 4) is 6.07 Å². The monoisotopic (exact) mass is 259 g/mol. The van der Waals surface area contributed by atoms with Gasteiger partial charge in [0.1, 0.15) is 6.07 Å². The van der Waals surface area contributed by atoms with Crippen LogP contribution in [0.25, 0.3) is 0 Å². The van der Waals surface area contributed by atoms with Gasteiger partial charge in [-0.3, -0.25) is 0 Å². The highest BCUT2D eigenvalue weighted by Crippen LogP contribution is 2.23. The zero-order chi connectivity index (χ0) is 13.7. The largest absolute Gasteiger partial charge is 0.396 e. The summed E-state index contributed by atoms with van der Waals surface area (Å²) in [6.45, 7) is 3.08. The van der Waals surface area contributed by atoms with Crippen LogP contribution in [0.1, 0.15) is 18.4 Å². The summed E-state index contributed by atoms with van der Waals surface area (Å²) in [5.74, 6) is 0. The summed E-state index contributed by atoms with van der Waals surface area (Å²) >= 11 is 0. The molecule has 0 saturated carbocycles. The van der Waals surface area contributed by atoms with Gasteiger partial charge in [-0.05, 0) is 38.6 Å². The third-order valence-electron chi connectivity index (χ3n) is 3.82. The zero-order valence-corrected chi connectivity index (χ0v) is 11.4. The molecule has 19 heavy (non-hydrogen) atoms. The maximum absolute atomic E-state index is 9.21. The van der Waals surface area contributed by atoms with Gasteiger partial charge in [0.25, 0.3) is 0 Å². The summed E-state index contributed by atoms with van der Waals surface area (Å²) < 4.78 is 0. The fourth-order valence-corrected chi connectivity index (χ4v) is 2.70. The van der Waals surface area contributed by atoms with E-state index in [1.807, 2.05) is 24.3 Å². The van der Waals surface area contributed by atoms with Gasteiger partial charge < -0.3 is 14.9 Å². The summed E-state index contributed by atoms with van der Waals surface area (Å²) in [6.07, 6.45) is 1.86. The fraction of sp³-hybridized carbons (Fsp3) is 0.533. The lowest BCUT2D eigenvalue weighted by molar-refractivity contribution is 0.196. The summed E-state index contributed by atoms with van der Waals surface area (Å²) in [5.41, 5.74) is 1.75. The van der Waals surface area contributed by atoms with Gasteiger partial charge in [0.15, 0.2) is 0 Å². The lowest BCUT2D eigenvalue weighted by Gasteiger charge is -2.30. The topological polar surface area (TPSA) is 50.5 Å². The van der Waals surface area contributed by atoms with Crippen molar-refractivity contribution in [1.29, 1.82) is 5.26 Å². The Kier molecular flexibility index (Phi) is 4.78. The van der Waals surface area contributed by atoms with Crippen LogP contribution in [0.2, 0.25) is 0 Å². The van der Waals surface area contributed by atoms with Gasteiger partial charge in [0.05, 0.1) is 11.3 Å². The van der Waals surface area contributed by atoms with Gasteiger partial charge in [-0.1, -0.05) is 12.1 Å². The Morgan fingerprint density at radius 1 is 1.37 bits per heavy atom. The molecule has 1 aromatic carbocycles. The van der Waals surface area contributed by atoms with Crippen LogP contribution >= 0.6 is 0 Å². The van der Waals surface area contributed by atoms with E-state index in [1.165, 1.54) is 0 Å². The molecule has 1 aliphatic rings. The highest BCUT2D eigenvalue weighted by Gasteiger charge is 2.23. The normalized spacial score (nSPS) is 20.9. The zero-order valence-electron chi connectivity index (χ0n) is 11.4. The number of likely N-dealkylation sites (N-methyl/N-ethyl adjacent to an activating group) is 1. The van der Waals surface area contributed by atoms with Crippen LogP contribution in [0.15, 0.2) is 24.3 Å². The molecule has 0 aliphatic carbocycles. The first kappa shape index (κ1) is 13.9. The van der Waals surface area contributed by atoms with E-state index in [4.69, 9.17) is 0 Å². The second kappa shape index (κ2) is 6.55. The molecule has 1 unspecified atom stereocenters. The van der Waals surface area contributed by atoms with Crippen LogP contribution in [0, 0.1) is 11.3 Å². The van der Waals surface area contributed by atoms with Gasteiger partial charge in [-0.25, -0.2) is 0 Å². The predicted molar refractivity (Wildman–Crippen MR) is 76.1 cm³/mol. The van der Waals surface area contributed by atoms with Crippen LogP contribution in [0.5, 0.6) is 0 Å².